The molecule has 6 aliphatic carbocycles. The van der Waals surface area contributed by atoms with Crippen LogP contribution in [0, 0.1) is 93.7 Å². The maximum Gasteiger partial charge on any atom is 0.0878 e. The Hall–Kier alpha value is -1.06. The summed E-state index contributed by atoms with van der Waals surface area (Å²) in [6.45, 7) is 0. The van der Waals surface area contributed by atoms with Gasteiger partial charge in [-0.2, -0.15) is 10.5 Å². The summed E-state index contributed by atoms with van der Waals surface area (Å²) in [5.41, 5.74) is 0. The second kappa shape index (κ2) is 3.62. The molecule has 1 aliphatic heterocycles. The first kappa shape index (κ1) is 12.3. The number of rotatable bonds is 2. The van der Waals surface area contributed by atoms with E-state index < -0.39 is 0 Å². The second-order valence-corrected chi connectivity index (χ2v) is 9.73. The van der Waals surface area contributed by atoms with Crippen molar-refractivity contribution in [2.24, 2.45) is 71.0 Å². The van der Waals surface area contributed by atoms with Crippen molar-refractivity contribution in [1.82, 2.24) is 0 Å². The molecule has 0 N–H and O–H groups in total. The standard InChI is InChI=1S/C20H22N2O/c21-3-1-7-5-9-10-6-8(2-4-22)12-14(10)15-13(9)11(7)17-16(15)18(12)20-19(17)23-20/h7-20H,1-2,5-6H2/t7-,8+,9-,10+,11-,12-,13+,14-,15?,16?,17+,18+,19+,20+/m1/s1. The van der Waals surface area contributed by atoms with Crippen molar-refractivity contribution in [2.45, 2.75) is 37.9 Å². The molecule has 7 fully saturated rings. The van der Waals surface area contributed by atoms with Crippen molar-refractivity contribution < 1.29 is 4.74 Å². The molecular weight excluding hydrogens is 284 g/mol. The molecule has 1 saturated heterocycles. The Balaban J connectivity index is 1.39. The molecule has 0 bridgehead atoms. The molecule has 0 aromatic rings. The van der Waals surface area contributed by atoms with Crippen LogP contribution >= 0.6 is 0 Å². The van der Waals surface area contributed by atoms with Gasteiger partial charge in [0.1, 0.15) is 0 Å². The van der Waals surface area contributed by atoms with Crippen molar-refractivity contribution >= 4 is 0 Å². The van der Waals surface area contributed by atoms with Crippen molar-refractivity contribution in [3.05, 3.63) is 0 Å². The second-order valence-electron chi connectivity index (χ2n) is 9.73. The Bertz CT molecular complexity index is 635. The van der Waals surface area contributed by atoms with E-state index in [9.17, 15) is 10.5 Å². The smallest absolute Gasteiger partial charge is 0.0878 e. The van der Waals surface area contributed by atoms with Gasteiger partial charge < -0.3 is 4.74 Å². The third kappa shape index (κ3) is 1.09. The van der Waals surface area contributed by atoms with E-state index in [1.807, 2.05) is 0 Å². The number of ether oxygens (including phenoxy) is 1. The normalized spacial score (nSPS) is 70.3. The summed E-state index contributed by atoms with van der Waals surface area (Å²) in [5.74, 6) is 10.0. The van der Waals surface area contributed by atoms with Gasteiger partial charge in [0.25, 0.3) is 0 Å². The minimum absolute atomic E-state index is 0.545. The first-order valence-electron chi connectivity index (χ1n) is 9.74. The summed E-state index contributed by atoms with van der Waals surface area (Å²) >= 11 is 0. The molecule has 2 unspecified atom stereocenters. The molecule has 1 heterocycles. The van der Waals surface area contributed by atoms with Gasteiger partial charge in [-0.05, 0) is 83.9 Å². The monoisotopic (exact) mass is 306 g/mol. The predicted molar refractivity (Wildman–Crippen MR) is 80.2 cm³/mol. The molecule has 0 aromatic heterocycles. The zero-order chi connectivity index (χ0) is 15.0. The van der Waals surface area contributed by atoms with Crippen LogP contribution in [0.2, 0.25) is 0 Å². The lowest BCUT2D eigenvalue weighted by atomic mass is 9.77. The van der Waals surface area contributed by atoms with Crippen molar-refractivity contribution in [3.63, 3.8) is 0 Å². The lowest BCUT2D eigenvalue weighted by Crippen LogP contribution is -2.27. The van der Waals surface area contributed by atoms with E-state index in [0.29, 0.717) is 24.0 Å². The predicted octanol–water partition coefficient (Wildman–Crippen LogP) is 2.84. The van der Waals surface area contributed by atoms with Crippen LogP contribution in [0.3, 0.4) is 0 Å². The van der Waals surface area contributed by atoms with E-state index in [1.165, 1.54) is 12.8 Å². The van der Waals surface area contributed by atoms with E-state index in [0.717, 1.165) is 72.0 Å². The highest BCUT2D eigenvalue weighted by Gasteiger charge is 2.83. The quantitative estimate of drug-likeness (QED) is 0.737. The van der Waals surface area contributed by atoms with Crippen LogP contribution in [0.25, 0.3) is 0 Å². The molecule has 6 saturated carbocycles. The van der Waals surface area contributed by atoms with Gasteiger partial charge >= 0.3 is 0 Å². The summed E-state index contributed by atoms with van der Waals surface area (Å²) in [7, 11) is 0. The van der Waals surface area contributed by atoms with Crippen LogP contribution < -0.4 is 0 Å². The van der Waals surface area contributed by atoms with E-state index in [-0.39, 0.29) is 0 Å². The third-order valence-electron chi connectivity index (χ3n) is 9.80. The summed E-state index contributed by atoms with van der Waals surface area (Å²) in [6.07, 6.45) is 5.28. The Kier molecular flexibility index (Phi) is 1.94. The summed E-state index contributed by atoms with van der Waals surface area (Å²) in [5, 5.41) is 18.6. The minimum Gasteiger partial charge on any atom is -0.369 e. The molecule has 0 spiro atoms. The fraction of sp³-hybridized carbons (Fsp3) is 0.900. The van der Waals surface area contributed by atoms with Crippen LogP contribution in [0.5, 0.6) is 0 Å². The Morgan fingerprint density at radius 2 is 1.13 bits per heavy atom. The van der Waals surface area contributed by atoms with Crippen molar-refractivity contribution in [2.75, 3.05) is 0 Å². The number of nitriles is 2. The molecule has 23 heavy (non-hydrogen) atoms. The number of hydrogen-bond donors (Lipinski definition) is 0. The Morgan fingerprint density at radius 3 is 1.61 bits per heavy atom. The zero-order valence-corrected chi connectivity index (χ0v) is 13.2. The Morgan fingerprint density at radius 1 is 0.652 bits per heavy atom. The van der Waals surface area contributed by atoms with E-state index in [2.05, 4.69) is 12.1 Å². The zero-order valence-electron chi connectivity index (χ0n) is 13.2. The van der Waals surface area contributed by atoms with Gasteiger partial charge in [-0.25, -0.2) is 0 Å². The Labute approximate surface area is 137 Å². The van der Waals surface area contributed by atoms with Crippen LogP contribution in [-0.2, 0) is 4.74 Å². The lowest BCUT2D eigenvalue weighted by Gasteiger charge is -2.29. The highest BCUT2D eigenvalue weighted by Crippen LogP contribution is 2.84. The van der Waals surface area contributed by atoms with E-state index >= 15 is 0 Å². The summed E-state index contributed by atoms with van der Waals surface area (Å²) < 4.78 is 6.21. The number of fused-ring (bicyclic) bond motifs is 6. The summed E-state index contributed by atoms with van der Waals surface area (Å²) in [6, 6.07) is 5.00. The molecule has 3 heteroatoms. The molecule has 0 amide bonds. The molecule has 14 atom stereocenters. The van der Waals surface area contributed by atoms with Gasteiger partial charge in [-0.3, -0.25) is 0 Å². The topological polar surface area (TPSA) is 60.1 Å². The van der Waals surface area contributed by atoms with Crippen LogP contribution in [0.1, 0.15) is 25.7 Å². The minimum atomic E-state index is 0.545. The number of hydrogen-bond acceptors (Lipinski definition) is 3. The fourth-order valence-corrected chi connectivity index (χ4v) is 10.0. The van der Waals surface area contributed by atoms with Gasteiger partial charge in [-0.15, -0.1) is 0 Å². The molecule has 7 rings (SSSR count). The third-order valence-corrected chi connectivity index (χ3v) is 9.80. The summed E-state index contributed by atoms with van der Waals surface area (Å²) in [4.78, 5) is 0. The highest BCUT2D eigenvalue weighted by molar-refractivity contribution is 5.30. The number of epoxide rings is 1. The average Bonchev–Trinajstić information content (AvgIpc) is 2.95. The van der Waals surface area contributed by atoms with Gasteiger partial charge in [0.15, 0.2) is 0 Å². The molecule has 3 nitrogen and oxygen atoms in total. The maximum absolute atomic E-state index is 9.32. The average molecular weight is 306 g/mol. The molecule has 118 valence electrons. The van der Waals surface area contributed by atoms with Crippen molar-refractivity contribution in [3.8, 4) is 12.1 Å². The first-order chi connectivity index (χ1) is 11.3. The van der Waals surface area contributed by atoms with Gasteiger partial charge in [-0.1, -0.05) is 0 Å². The van der Waals surface area contributed by atoms with E-state index in [4.69, 9.17) is 4.74 Å². The SMILES string of the molecule is N#CC[C@H]1C[C@H]2[C@H]3C[C@@H](CC#N)[C@@H]4[C@H]3C3C5[C@@H]([C@@H]6O[C@H]6[C@H]54)[C@H]1[C@H]32. The van der Waals surface area contributed by atoms with Gasteiger partial charge in [0.05, 0.1) is 24.3 Å². The van der Waals surface area contributed by atoms with Gasteiger partial charge in [0, 0.05) is 12.8 Å². The maximum atomic E-state index is 9.32. The molecular formula is C20H22N2O. The van der Waals surface area contributed by atoms with E-state index in [1.54, 1.807) is 0 Å². The largest absolute Gasteiger partial charge is 0.369 e. The molecule has 0 aromatic carbocycles. The van der Waals surface area contributed by atoms with Crippen LogP contribution in [0.4, 0.5) is 0 Å². The van der Waals surface area contributed by atoms with Crippen LogP contribution in [0.15, 0.2) is 0 Å². The van der Waals surface area contributed by atoms with Gasteiger partial charge in [0.2, 0.25) is 0 Å². The van der Waals surface area contributed by atoms with Crippen LogP contribution in [-0.4, -0.2) is 12.2 Å². The fourth-order valence-electron chi connectivity index (χ4n) is 10.0. The molecule has 7 aliphatic rings. The lowest BCUT2D eigenvalue weighted by molar-refractivity contribution is 0.104. The molecule has 0 radical (unpaired) electrons. The first-order valence-corrected chi connectivity index (χ1v) is 9.74. The highest BCUT2D eigenvalue weighted by atomic mass is 16.6. The number of nitrogens with zero attached hydrogens (tertiary/aromatic N) is 2. The van der Waals surface area contributed by atoms with Crippen molar-refractivity contribution in [1.29, 1.82) is 10.5 Å².